The smallest absolute Gasteiger partial charge is 0.222 e. The molecule has 1 aromatic rings. The largest absolute Gasteiger partial charge is 0.369 e. The second kappa shape index (κ2) is 5.82. The van der Waals surface area contributed by atoms with E-state index in [-0.39, 0.29) is 11.8 Å². The van der Waals surface area contributed by atoms with E-state index in [1.165, 1.54) is 0 Å². The number of hydrogen-bond donors (Lipinski definition) is 2. The zero-order valence-corrected chi connectivity index (χ0v) is 11.0. The lowest BCUT2D eigenvalue weighted by atomic mass is 9.98. The molecule has 5 heteroatoms. The number of rotatable bonds is 2. The molecule has 1 saturated heterocycles. The number of nitrogens with zero attached hydrogens (tertiary/aromatic N) is 1. The third kappa shape index (κ3) is 3.20. The van der Waals surface area contributed by atoms with Gasteiger partial charge in [0.05, 0.1) is 5.92 Å². The van der Waals surface area contributed by atoms with Crippen molar-refractivity contribution in [3.63, 3.8) is 0 Å². The fraction of sp³-hybridized carbons (Fsp3) is 0.385. The summed E-state index contributed by atoms with van der Waals surface area (Å²) in [5, 5.41) is 3.84. The van der Waals surface area contributed by atoms with E-state index in [0.717, 1.165) is 25.1 Å². The Kier molecular flexibility index (Phi) is 4.15. The number of thiocarbonyl (C=S) groups is 1. The number of benzene rings is 1. The molecule has 4 nitrogen and oxygen atoms in total. The molecule has 0 bridgehead atoms. The molecule has 1 aliphatic rings. The summed E-state index contributed by atoms with van der Waals surface area (Å²) in [5.41, 5.74) is 6.31. The van der Waals surface area contributed by atoms with Crippen LogP contribution in [0.25, 0.3) is 0 Å². The molecule has 18 heavy (non-hydrogen) atoms. The van der Waals surface area contributed by atoms with Crippen LogP contribution in [0.2, 0.25) is 0 Å². The van der Waals surface area contributed by atoms with Crippen molar-refractivity contribution >= 4 is 28.9 Å². The summed E-state index contributed by atoms with van der Waals surface area (Å²) in [5.74, 6) is -0.323. The predicted molar refractivity (Wildman–Crippen MR) is 76.2 cm³/mol. The number of para-hydroxylation sites is 1. The lowest BCUT2D eigenvalue weighted by molar-refractivity contribution is -0.122. The molecular weight excluding hydrogens is 246 g/mol. The van der Waals surface area contributed by atoms with Crippen molar-refractivity contribution < 1.29 is 4.79 Å². The Morgan fingerprint density at radius 2 is 2.11 bits per heavy atom. The normalized spacial score (nSPS) is 19.3. The van der Waals surface area contributed by atoms with Gasteiger partial charge in [-0.05, 0) is 37.2 Å². The average Bonchev–Trinajstić information content (AvgIpc) is 2.40. The number of likely N-dealkylation sites (tertiary alicyclic amines) is 1. The first-order valence-electron chi connectivity index (χ1n) is 6.07. The van der Waals surface area contributed by atoms with Crippen molar-refractivity contribution in [2.45, 2.75) is 12.8 Å². The zero-order valence-electron chi connectivity index (χ0n) is 10.1. The molecule has 0 aromatic heterocycles. The molecule has 96 valence electrons. The van der Waals surface area contributed by atoms with Crippen LogP contribution in [0.5, 0.6) is 0 Å². The van der Waals surface area contributed by atoms with E-state index in [1.807, 2.05) is 35.2 Å². The van der Waals surface area contributed by atoms with Gasteiger partial charge in [-0.15, -0.1) is 0 Å². The van der Waals surface area contributed by atoms with Crippen LogP contribution in [0.15, 0.2) is 30.3 Å². The molecule has 1 amide bonds. The topological polar surface area (TPSA) is 58.4 Å². The minimum atomic E-state index is -0.234. The SMILES string of the molecule is NC(=O)[C@H]1CCCN(C(=S)Nc2ccccc2)C1. The van der Waals surface area contributed by atoms with Gasteiger partial charge in [-0.1, -0.05) is 18.2 Å². The number of amides is 1. The molecule has 0 aliphatic carbocycles. The summed E-state index contributed by atoms with van der Waals surface area (Å²) in [7, 11) is 0. The Balaban J connectivity index is 1.95. The minimum Gasteiger partial charge on any atom is -0.369 e. The number of nitrogens with two attached hydrogens (primary N) is 1. The minimum absolute atomic E-state index is 0.0886. The summed E-state index contributed by atoms with van der Waals surface area (Å²) in [4.78, 5) is 13.2. The van der Waals surface area contributed by atoms with Crippen molar-refractivity contribution in [1.29, 1.82) is 0 Å². The maximum atomic E-state index is 11.2. The fourth-order valence-corrected chi connectivity index (χ4v) is 2.40. The number of primary amides is 1. The van der Waals surface area contributed by atoms with Crippen LogP contribution >= 0.6 is 12.2 Å². The second-order valence-corrected chi connectivity index (χ2v) is 4.87. The molecule has 0 saturated carbocycles. The predicted octanol–water partition coefficient (Wildman–Crippen LogP) is 1.58. The lowest BCUT2D eigenvalue weighted by Crippen LogP contribution is -2.45. The van der Waals surface area contributed by atoms with Gasteiger partial charge in [0.1, 0.15) is 0 Å². The first-order valence-corrected chi connectivity index (χ1v) is 6.48. The molecule has 1 fully saturated rings. The van der Waals surface area contributed by atoms with Gasteiger partial charge in [-0.25, -0.2) is 0 Å². The highest BCUT2D eigenvalue weighted by Crippen LogP contribution is 2.17. The molecule has 0 unspecified atom stereocenters. The van der Waals surface area contributed by atoms with Crippen molar-refractivity contribution in [2.75, 3.05) is 18.4 Å². The van der Waals surface area contributed by atoms with Crippen LogP contribution in [0.1, 0.15) is 12.8 Å². The maximum Gasteiger partial charge on any atom is 0.222 e. The van der Waals surface area contributed by atoms with Crippen LogP contribution in [-0.2, 0) is 4.79 Å². The van der Waals surface area contributed by atoms with Crippen LogP contribution in [0.4, 0.5) is 5.69 Å². The Morgan fingerprint density at radius 3 is 2.78 bits per heavy atom. The second-order valence-electron chi connectivity index (χ2n) is 4.48. The van der Waals surface area contributed by atoms with Gasteiger partial charge in [-0.2, -0.15) is 0 Å². The highest BCUT2D eigenvalue weighted by atomic mass is 32.1. The highest BCUT2D eigenvalue weighted by Gasteiger charge is 2.25. The van der Waals surface area contributed by atoms with Crippen LogP contribution < -0.4 is 11.1 Å². The maximum absolute atomic E-state index is 11.2. The standard InChI is InChI=1S/C13H17N3OS/c14-12(17)10-5-4-8-16(9-10)13(18)15-11-6-2-1-3-7-11/h1-3,6-7,10H,4-5,8-9H2,(H2,14,17)(H,15,18)/t10-/m0/s1. The number of nitrogens with one attached hydrogen (secondary N) is 1. The monoisotopic (exact) mass is 263 g/mol. The molecule has 2 rings (SSSR count). The molecule has 0 radical (unpaired) electrons. The summed E-state index contributed by atoms with van der Waals surface area (Å²) in [6.45, 7) is 1.50. The van der Waals surface area contributed by atoms with E-state index in [9.17, 15) is 4.79 Å². The number of carbonyl (C=O) groups is 1. The van der Waals surface area contributed by atoms with Gasteiger partial charge in [0.25, 0.3) is 0 Å². The summed E-state index contributed by atoms with van der Waals surface area (Å²) >= 11 is 5.36. The van der Waals surface area contributed by atoms with Crippen LogP contribution in [0.3, 0.4) is 0 Å². The van der Waals surface area contributed by atoms with Gasteiger partial charge in [0, 0.05) is 18.8 Å². The Labute approximate surface area is 112 Å². The first kappa shape index (κ1) is 12.8. The summed E-state index contributed by atoms with van der Waals surface area (Å²) in [6.07, 6.45) is 1.81. The van der Waals surface area contributed by atoms with Gasteiger partial charge in [0.15, 0.2) is 5.11 Å². The van der Waals surface area contributed by atoms with Crippen molar-refractivity contribution in [3.05, 3.63) is 30.3 Å². The number of hydrogen-bond acceptors (Lipinski definition) is 2. The molecule has 1 heterocycles. The number of carbonyl (C=O) groups excluding carboxylic acids is 1. The number of anilines is 1. The Bertz CT molecular complexity index is 435. The fourth-order valence-electron chi connectivity index (χ4n) is 2.12. The van der Waals surface area contributed by atoms with Crippen LogP contribution in [-0.4, -0.2) is 29.0 Å². The quantitative estimate of drug-likeness (QED) is 0.795. The third-order valence-electron chi connectivity index (χ3n) is 3.14. The molecular formula is C13H17N3OS. The third-order valence-corrected chi connectivity index (χ3v) is 3.50. The highest BCUT2D eigenvalue weighted by molar-refractivity contribution is 7.80. The molecule has 0 spiro atoms. The molecule has 1 aliphatic heterocycles. The Hall–Kier alpha value is -1.62. The van der Waals surface area contributed by atoms with Crippen molar-refractivity contribution in [2.24, 2.45) is 11.7 Å². The lowest BCUT2D eigenvalue weighted by Gasteiger charge is -2.33. The average molecular weight is 263 g/mol. The van der Waals surface area contributed by atoms with E-state index >= 15 is 0 Å². The van der Waals surface area contributed by atoms with Gasteiger partial charge in [0.2, 0.25) is 5.91 Å². The van der Waals surface area contributed by atoms with Crippen LogP contribution in [0, 0.1) is 5.92 Å². The van der Waals surface area contributed by atoms with E-state index in [0.29, 0.717) is 11.7 Å². The van der Waals surface area contributed by atoms with Gasteiger partial charge >= 0.3 is 0 Å². The molecule has 1 atom stereocenters. The van der Waals surface area contributed by atoms with Gasteiger partial charge in [-0.3, -0.25) is 4.79 Å². The zero-order chi connectivity index (χ0) is 13.0. The van der Waals surface area contributed by atoms with Gasteiger partial charge < -0.3 is 16.0 Å². The van der Waals surface area contributed by atoms with E-state index in [1.54, 1.807) is 0 Å². The van der Waals surface area contributed by atoms with Crippen molar-refractivity contribution in [1.82, 2.24) is 4.90 Å². The summed E-state index contributed by atoms with van der Waals surface area (Å²) < 4.78 is 0. The van der Waals surface area contributed by atoms with Crippen molar-refractivity contribution in [3.8, 4) is 0 Å². The van der Waals surface area contributed by atoms with E-state index in [4.69, 9.17) is 18.0 Å². The summed E-state index contributed by atoms with van der Waals surface area (Å²) in [6, 6.07) is 9.78. The Morgan fingerprint density at radius 1 is 1.39 bits per heavy atom. The molecule has 1 aromatic carbocycles. The molecule has 3 N–H and O–H groups in total. The van der Waals surface area contributed by atoms with E-state index < -0.39 is 0 Å². The first-order chi connectivity index (χ1) is 8.66. The van der Waals surface area contributed by atoms with E-state index in [2.05, 4.69) is 5.32 Å². The number of piperidine rings is 1.